The molecule has 0 aliphatic carbocycles. The van der Waals surface area contributed by atoms with Crippen LogP contribution in [-0.4, -0.2) is 46.9 Å². The number of unbranched alkanes of at least 4 members (excludes halogenated alkanes) is 34. The highest BCUT2D eigenvalue weighted by Crippen LogP contribution is 2.18. The highest BCUT2D eigenvalue weighted by atomic mass is 16.5. The molecule has 3 N–H and O–H groups in total. The lowest BCUT2D eigenvalue weighted by molar-refractivity contribution is -0.151. The van der Waals surface area contributed by atoms with Crippen LogP contribution in [0.5, 0.6) is 0 Å². The van der Waals surface area contributed by atoms with Crippen molar-refractivity contribution in [2.75, 3.05) is 6.61 Å². The Hall–Kier alpha value is -1.40. The number of aliphatic hydroxyl groups is 2. The number of aliphatic hydroxyl groups excluding tert-OH is 2. The summed E-state index contributed by atoms with van der Waals surface area (Å²) >= 11 is 0. The van der Waals surface area contributed by atoms with E-state index in [1.54, 1.807) is 0 Å². The van der Waals surface area contributed by atoms with Crippen molar-refractivity contribution in [2.24, 2.45) is 0 Å². The lowest BCUT2D eigenvalue weighted by atomic mass is 10.0. The van der Waals surface area contributed by atoms with Crippen molar-refractivity contribution in [2.45, 2.75) is 309 Å². The Bertz CT molecular complexity index is 893. The molecule has 0 radical (unpaired) electrons. The van der Waals surface area contributed by atoms with Crippen LogP contribution in [0.2, 0.25) is 0 Å². The Morgan fingerprint density at radius 2 is 0.814 bits per heavy atom. The van der Waals surface area contributed by atoms with Gasteiger partial charge in [-0.3, -0.25) is 9.59 Å². The van der Waals surface area contributed by atoms with E-state index < -0.39 is 18.2 Å². The van der Waals surface area contributed by atoms with Gasteiger partial charge in [0.2, 0.25) is 5.91 Å². The Kier molecular flexibility index (Phi) is 46.5. The second-order valence-electron chi connectivity index (χ2n) is 18.3. The zero-order valence-electron chi connectivity index (χ0n) is 39.9. The molecule has 59 heavy (non-hydrogen) atoms. The number of carbonyl (C=O) groups is 2. The fourth-order valence-electron chi connectivity index (χ4n) is 8.31. The Morgan fingerprint density at radius 3 is 1.22 bits per heavy atom. The molecule has 0 aromatic carbocycles. The molecule has 6 nitrogen and oxygen atoms in total. The van der Waals surface area contributed by atoms with Gasteiger partial charge in [0.15, 0.2) is 0 Å². The van der Waals surface area contributed by atoms with E-state index in [0.29, 0.717) is 19.3 Å². The summed E-state index contributed by atoms with van der Waals surface area (Å²) < 4.78 is 5.93. The van der Waals surface area contributed by atoms with E-state index in [9.17, 15) is 19.8 Å². The SMILES string of the molecule is CCCCCCCCCCC/C=C/CCCCCC(CC(=O)NC(CO)C(O)CCCCCCCCCCCCC)OC(=O)CCCCCCCCCCCCCCC. The van der Waals surface area contributed by atoms with Gasteiger partial charge < -0.3 is 20.3 Å². The van der Waals surface area contributed by atoms with Gasteiger partial charge in [-0.1, -0.05) is 238 Å². The van der Waals surface area contributed by atoms with Gasteiger partial charge in [-0.05, 0) is 51.4 Å². The molecule has 0 aromatic rings. The summed E-state index contributed by atoms with van der Waals surface area (Å²) in [4.78, 5) is 26.1. The maximum absolute atomic E-state index is 13.2. The molecule has 350 valence electrons. The highest BCUT2D eigenvalue weighted by Gasteiger charge is 2.24. The Balaban J connectivity index is 4.57. The average Bonchev–Trinajstić information content (AvgIpc) is 3.23. The van der Waals surface area contributed by atoms with Crippen molar-refractivity contribution in [1.82, 2.24) is 5.32 Å². The van der Waals surface area contributed by atoms with E-state index in [1.165, 1.54) is 186 Å². The zero-order chi connectivity index (χ0) is 43.1. The smallest absolute Gasteiger partial charge is 0.306 e. The summed E-state index contributed by atoms with van der Waals surface area (Å²) in [5.74, 6) is -0.472. The fraction of sp³-hybridized carbons (Fsp3) is 0.925. The first-order chi connectivity index (χ1) is 29.0. The molecule has 0 fully saturated rings. The first kappa shape index (κ1) is 57.6. The quantitative estimate of drug-likeness (QED) is 0.0322. The lowest BCUT2D eigenvalue weighted by Gasteiger charge is -2.24. The van der Waals surface area contributed by atoms with Crippen molar-refractivity contribution in [3.05, 3.63) is 12.2 Å². The molecule has 3 atom stereocenters. The van der Waals surface area contributed by atoms with Gasteiger partial charge >= 0.3 is 5.97 Å². The van der Waals surface area contributed by atoms with Gasteiger partial charge in [-0.25, -0.2) is 0 Å². The number of hydrogen-bond donors (Lipinski definition) is 3. The van der Waals surface area contributed by atoms with Crippen molar-refractivity contribution in [3.8, 4) is 0 Å². The monoisotopic (exact) mass is 834 g/mol. The Morgan fingerprint density at radius 1 is 0.475 bits per heavy atom. The molecule has 0 aromatic heterocycles. The Labute approximate surface area is 368 Å². The van der Waals surface area contributed by atoms with Crippen LogP contribution in [0.15, 0.2) is 12.2 Å². The van der Waals surface area contributed by atoms with E-state index in [1.807, 2.05) is 0 Å². The van der Waals surface area contributed by atoms with Crippen molar-refractivity contribution >= 4 is 11.9 Å². The minimum Gasteiger partial charge on any atom is -0.462 e. The molecule has 3 unspecified atom stereocenters. The topological polar surface area (TPSA) is 95.9 Å². The van der Waals surface area contributed by atoms with Crippen molar-refractivity contribution < 1.29 is 24.5 Å². The predicted octanol–water partition coefficient (Wildman–Crippen LogP) is 15.7. The van der Waals surface area contributed by atoms with Gasteiger partial charge in [-0.15, -0.1) is 0 Å². The molecule has 0 heterocycles. The number of allylic oxidation sites excluding steroid dienone is 2. The molecule has 1 amide bonds. The first-order valence-electron chi connectivity index (χ1n) is 26.4. The van der Waals surface area contributed by atoms with Crippen LogP contribution in [0.25, 0.3) is 0 Å². The molecule has 0 bridgehead atoms. The van der Waals surface area contributed by atoms with Crippen LogP contribution in [-0.2, 0) is 14.3 Å². The third-order valence-corrected chi connectivity index (χ3v) is 12.3. The normalized spacial score (nSPS) is 13.2. The molecule has 0 aliphatic heterocycles. The lowest BCUT2D eigenvalue weighted by Crippen LogP contribution is -2.46. The average molecular weight is 834 g/mol. The van der Waals surface area contributed by atoms with Crippen molar-refractivity contribution in [3.63, 3.8) is 0 Å². The number of carbonyl (C=O) groups excluding carboxylic acids is 2. The van der Waals surface area contributed by atoms with E-state index in [0.717, 1.165) is 57.8 Å². The van der Waals surface area contributed by atoms with Gasteiger partial charge in [0.25, 0.3) is 0 Å². The summed E-state index contributed by atoms with van der Waals surface area (Å²) in [6.45, 7) is 6.49. The van der Waals surface area contributed by atoms with Crippen LogP contribution in [0, 0.1) is 0 Å². The molecule has 0 aliphatic rings. The maximum Gasteiger partial charge on any atom is 0.306 e. The number of nitrogens with one attached hydrogen (secondary N) is 1. The van der Waals surface area contributed by atoms with Crippen LogP contribution in [0.3, 0.4) is 0 Å². The number of ether oxygens (including phenoxy) is 1. The van der Waals surface area contributed by atoms with Crippen LogP contribution >= 0.6 is 0 Å². The minimum absolute atomic E-state index is 0.0741. The van der Waals surface area contributed by atoms with Gasteiger partial charge in [-0.2, -0.15) is 0 Å². The fourth-order valence-corrected chi connectivity index (χ4v) is 8.31. The van der Waals surface area contributed by atoms with Gasteiger partial charge in [0.1, 0.15) is 6.10 Å². The van der Waals surface area contributed by atoms with Gasteiger partial charge in [0, 0.05) is 6.42 Å². The van der Waals surface area contributed by atoms with Crippen molar-refractivity contribution in [1.29, 1.82) is 0 Å². The van der Waals surface area contributed by atoms with Crippen LogP contribution in [0.4, 0.5) is 0 Å². The summed E-state index contributed by atoms with van der Waals surface area (Å²) in [5.41, 5.74) is 0. The summed E-state index contributed by atoms with van der Waals surface area (Å²) in [7, 11) is 0. The predicted molar refractivity (Wildman–Crippen MR) is 255 cm³/mol. The summed E-state index contributed by atoms with van der Waals surface area (Å²) in [6, 6.07) is -0.699. The largest absolute Gasteiger partial charge is 0.462 e. The molecule has 0 saturated heterocycles. The molecule has 6 heteroatoms. The van der Waals surface area contributed by atoms with E-state index in [2.05, 4.69) is 38.2 Å². The summed E-state index contributed by atoms with van der Waals surface area (Å²) in [6.07, 6.45) is 52.7. The summed E-state index contributed by atoms with van der Waals surface area (Å²) in [5, 5.41) is 23.7. The van der Waals surface area contributed by atoms with E-state index >= 15 is 0 Å². The second-order valence-corrected chi connectivity index (χ2v) is 18.3. The van der Waals surface area contributed by atoms with Gasteiger partial charge in [0.05, 0.1) is 25.2 Å². The maximum atomic E-state index is 13.2. The second kappa shape index (κ2) is 47.6. The molecule has 0 rings (SSSR count). The number of amides is 1. The standard InChI is InChI=1S/C53H103NO5/c1-4-7-10-13-16-19-22-24-25-26-28-30-32-35-38-41-44-49(59-53(58)46-43-40-37-34-31-27-23-20-17-14-11-8-5-2)47-52(57)54-50(48-55)51(56)45-42-39-36-33-29-21-18-15-12-9-6-3/h28,30,49-51,55-56H,4-27,29,31-48H2,1-3H3,(H,54,57)/b30-28+. The third-order valence-electron chi connectivity index (χ3n) is 12.3. The molecule has 0 spiro atoms. The number of esters is 1. The zero-order valence-corrected chi connectivity index (χ0v) is 39.9. The minimum atomic E-state index is -0.785. The third kappa shape index (κ3) is 43.1. The molecular formula is C53H103NO5. The van der Waals surface area contributed by atoms with E-state index in [4.69, 9.17) is 4.74 Å². The molecular weight excluding hydrogens is 731 g/mol. The highest BCUT2D eigenvalue weighted by molar-refractivity contribution is 5.77. The van der Waals surface area contributed by atoms with E-state index in [-0.39, 0.29) is 24.9 Å². The number of hydrogen-bond acceptors (Lipinski definition) is 5. The number of rotatable bonds is 48. The van der Waals surface area contributed by atoms with Crippen LogP contribution < -0.4 is 5.32 Å². The first-order valence-corrected chi connectivity index (χ1v) is 26.4. The molecule has 0 saturated carbocycles. The van der Waals surface area contributed by atoms with Crippen LogP contribution in [0.1, 0.15) is 290 Å².